The van der Waals surface area contributed by atoms with E-state index in [0.29, 0.717) is 0 Å². The maximum absolute atomic E-state index is 5.68. The monoisotopic (exact) mass is 249 g/mol. The quantitative estimate of drug-likeness (QED) is 0.740. The Morgan fingerprint density at radius 3 is 2.56 bits per heavy atom. The molecule has 0 spiro atoms. The van der Waals surface area contributed by atoms with E-state index in [4.69, 9.17) is 4.74 Å². The molecule has 18 heavy (non-hydrogen) atoms. The zero-order chi connectivity index (χ0) is 13.2. The van der Waals surface area contributed by atoms with E-state index in [-0.39, 0.29) is 0 Å². The highest BCUT2D eigenvalue weighted by molar-refractivity contribution is 5.13. The molecule has 1 heterocycles. The fourth-order valence-electron chi connectivity index (χ4n) is 2.19. The Morgan fingerprint density at radius 1 is 1.22 bits per heavy atom. The highest BCUT2D eigenvalue weighted by atomic mass is 16.5. The zero-order valence-corrected chi connectivity index (χ0v) is 12.1. The van der Waals surface area contributed by atoms with Crippen LogP contribution in [0.15, 0.2) is 30.3 Å². The standard InChI is InChI=1S/C14H21NO.C2H6/c1-13-7-8-15(11-13)9-10-16-12-14-5-3-2-4-6-14;1-2/h2-6,13H,7-12H2,1H3;1-2H3. The molecule has 102 valence electrons. The molecule has 0 aromatic heterocycles. The van der Waals surface area contributed by atoms with Crippen molar-refractivity contribution in [1.29, 1.82) is 0 Å². The van der Waals surface area contributed by atoms with Crippen molar-refractivity contribution in [3.63, 3.8) is 0 Å². The second kappa shape index (κ2) is 9.12. The molecule has 1 unspecified atom stereocenters. The van der Waals surface area contributed by atoms with Crippen LogP contribution in [-0.2, 0) is 11.3 Å². The lowest BCUT2D eigenvalue weighted by Gasteiger charge is -2.14. The molecule has 0 amide bonds. The number of rotatable bonds is 5. The first-order chi connectivity index (χ1) is 8.84. The summed E-state index contributed by atoms with van der Waals surface area (Å²) in [5, 5.41) is 0. The number of hydrogen-bond donors (Lipinski definition) is 0. The molecule has 1 aromatic rings. The Morgan fingerprint density at radius 2 is 1.94 bits per heavy atom. The lowest BCUT2D eigenvalue weighted by molar-refractivity contribution is 0.0984. The Bertz CT molecular complexity index is 299. The first-order valence-corrected chi connectivity index (χ1v) is 7.18. The zero-order valence-electron chi connectivity index (χ0n) is 12.1. The second-order valence-corrected chi connectivity index (χ2v) is 4.73. The van der Waals surface area contributed by atoms with Crippen LogP contribution in [0, 0.1) is 5.92 Å². The summed E-state index contributed by atoms with van der Waals surface area (Å²) in [6.45, 7) is 11.5. The fourth-order valence-corrected chi connectivity index (χ4v) is 2.19. The van der Waals surface area contributed by atoms with Gasteiger partial charge >= 0.3 is 0 Å². The number of hydrogen-bond acceptors (Lipinski definition) is 2. The van der Waals surface area contributed by atoms with Gasteiger partial charge in [0.25, 0.3) is 0 Å². The summed E-state index contributed by atoms with van der Waals surface area (Å²) in [5.41, 5.74) is 1.26. The minimum Gasteiger partial charge on any atom is -0.375 e. The van der Waals surface area contributed by atoms with Gasteiger partial charge in [0, 0.05) is 13.1 Å². The second-order valence-electron chi connectivity index (χ2n) is 4.73. The largest absolute Gasteiger partial charge is 0.375 e. The first kappa shape index (κ1) is 15.2. The highest BCUT2D eigenvalue weighted by Crippen LogP contribution is 2.14. The van der Waals surface area contributed by atoms with Crippen LogP contribution in [0.3, 0.4) is 0 Å². The van der Waals surface area contributed by atoms with Gasteiger partial charge in [-0.1, -0.05) is 51.1 Å². The average molecular weight is 249 g/mol. The number of ether oxygens (including phenoxy) is 1. The molecule has 2 heteroatoms. The molecule has 1 fully saturated rings. The predicted molar refractivity (Wildman–Crippen MR) is 77.7 cm³/mol. The van der Waals surface area contributed by atoms with Crippen LogP contribution in [0.5, 0.6) is 0 Å². The van der Waals surface area contributed by atoms with Gasteiger partial charge in [-0.15, -0.1) is 0 Å². The lowest BCUT2D eigenvalue weighted by Crippen LogP contribution is -2.24. The molecule has 1 aromatic carbocycles. The Labute approximate surface area is 112 Å². The summed E-state index contributed by atoms with van der Waals surface area (Å²) < 4.78 is 5.68. The molecule has 1 aliphatic heterocycles. The van der Waals surface area contributed by atoms with Gasteiger partial charge in [-0.05, 0) is 24.4 Å². The third kappa shape index (κ3) is 5.65. The van der Waals surface area contributed by atoms with Crippen molar-refractivity contribution in [3.8, 4) is 0 Å². The Kier molecular flexibility index (Phi) is 7.70. The first-order valence-electron chi connectivity index (χ1n) is 7.18. The fraction of sp³-hybridized carbons (Fsp3) is 0.625. The van der Waals surface area contributed by atoms with Gasteiger partial charge in [-0.3, -0.25) is 0 Å². The van der Waals surface area contributed by atoms with Gasteiger partial charge < -0.3 is 9.64 Å². The molecule has 2 rings (SSSR count). The van der Waals surface area contributed by atoms with E-state index < -0.39 is 0 Å². The molecular weight excluding hydrogens is 222 g/mol. The Hall–Kier alpha value is -0.860. The molecule has 1 aliphatic rings. The normalized spacial score (nSPS) is 19.4. The van der Waals surface area contributed by atoms with Crippen molar-refractivity contribution in [1.82, 2.24) is 4.90 Å². The van der Waals surface area contributed by atoms with Crippen molar-refractivity contribution in [2.75, 3.05) is 26.2 Å². The van der Waals surface area contributed by atoms with Crippen molar-refractivity contribution in [2.45, 2.75) is 33.8 Å². The number of nitrogens with zero attached hydrogens (tertiary/aromatic N) is 1. The minimum absolute atomic E-state index is 0.740. The smallest absolute Gasteiger partial charge is 0.0717 e. The van der Waals surface area contributed by atoms with Crippen molar-refractivity contribution in [3.05, 3.63) is 35.9 Å². The van der Waals surface area contributed by atoms with E-state index in [1.165, 1.54) is 25.1 Å². The van der Waals surface area contributed by atoms with E-state index in [1.807, 2.05) is 19.9 Å². The molecule has 0 N–H and O–H groups in total. The van der Waals surface area contributed by atoms with Gasteiger partial charge in [0.05, 0.1) is 13.2 Å². The van der Waals surface area contributed by atoms with E-state index >= 15 is 0 Å². The van der Waals surface area contributed by atoms with Crippen LogP contribution in [-0.4, -0.2) is 31.1 Å². The van der Waals surface area contributed by atoms with Crippen LogP contribution in [0.2, 0.25) is 0 Å². The van der Waals surface area contributed by atoms with E-state index in [2.05, 4.69) is 36.1 Å². The number of benzene rings is 1. The van der Waals surface area contributed by atoms with Gasteiger partial charge in [0.1, 0.15) is 0 Å². The highest BCUT2D eigenvalue weighted by Gasteiger charge is 2.17. The summed E-state index contributed by atoms with van der Waals surface area (Å²) in [5.74, 6) is 0.870. The van der Waals surface area contributed by atoms with E-state index in [9.17, 15) is 0 Å². The SMILES string of the molecule is CC.CC1CCN(CCOCc2ccccc2)C1. The minimum atomic E-state index is 0.740. The van der Waals surface area contributed by atoms with Gasteiger partial charge in [-0.2, -0.15) is 0 Å². The topological polar surface area (TPSA) is 12.5 Å². The maximum atomic E-state index is 5.68. The Balaban J connectivity index is 0.000000771. The molecule has 0 aliphatic carbocycles. The summed E-state index contributed by atoms with van der Waals surface area (Å²) in [7, 11) is 0. The van der Waals surface area contributed by atoms with Gasteiger partial charge in [0.2, 0.25) is 0 Å². The van der Waals surface area contributed by atoms with Crippen LogP contribution < -0.4 is 0 Å². The number of likely N-dealkylation sites (tertiary alicyclic amines) is 1. The third-order valence-electron chi connectivity index (χ3n) is 3.17. The third-order valence-corrected chi connectivity index (χ3v) is 3.17. The summed E-state index contributed by atoms with van der Waals surface area (Å²) in [4.78, 5) is 2.50. The predicted octanol–water partition coefficient (Wildman–Crippen LogP) is 3.57. The van der Waals surface area contributed by atoms with E-state index in [0.717, 1.165) is 25.7 Å². The lowest BCUT2D eigenvalue weighted by atomic mass is 10.2. The summed E-state index contributed by atoms with van der Waals surface area (Å²) in [6, 6.07) is 10.4. The van der Waals surface area contributed by atoms with Crippen molar-refractivity contribution < 1.29 is 4.74 Å². The van der Waals surface area contributed by atoms with Gasteiger partial charge in [-0.25, -0.2) is 0 Å². The molecule has 1 atom stereocenters. The van der Waals surface area contributed by atoms with Crippen molar-refractivity contribution in [2.24, 2.45) is 5.92 Å². The molecule has 2 nitrogen and oxygen atoms in total. The van der Waals surface area contributed by atoms with Gasteiger partial charge in [0.15, 0.2) is 0 Å². The van der Waals surface area contributed by atoms with Crippen molar-refractivity contribution >= 4 is 0 Å². The molecule has 1 saturated heterocycles. The summed E-state index contributed by atoms with van der Waals surface area (Å²) >= 11 is 0. The molecule has 0 saturated carbocycles. The average Bonchev–Trinajstić information content (AvgIpc) is 2.84. The molecule has 0 radical (unpaired) electrons. The van der Waals surface area contributed by atoms with Crippen LogP contribution >= 0.6 is 0 Å². The maximum Gasteiger partial charge on any atom is 0.0717 e. The molecule has 0 bridgehead atoms. The van der Waals surface area contributed by atoms with E-state index in [1.54, 1.807) is 0 Å². The molecular formula is C16H27NO. The summed E-state index contributed by atoms with van der Waals surface area (Å²) in [6.07, 6.45) is 1.35. The van der Waals surface area contributed by atoms with Crippen LogP contribution in [0.25, 0.3) is 0 Å². The van der Waals surface area contributed by atoms with Crippen LogP contribution in [0.1, 0.15) is 32.8 Å². The van der Waals surface area contributed by atoms with Crippen LogP contribution in [0.4, 0.5) is 0 Å².